The average Bonchev–Trinajstić information content (AvgIpc) is 2.87. The van der Waals surface area contributed by atoms with E-state index < -0.39 is 0 Å². The zero-order valence-corrected chi connectivity index (χ0v) is 15.3. The fourth-order valence-corrected chi connectivity index (χ4v) is 6.59. The van der Waals surface area contributed by atoms with Crippen molar-refractivity contribution in [3.05, 3.63) is 35.5 Å². The molecule has 0 aromatic heterocycles. The second kappa shape index (κ2) is 5.03. The Morgan fingerprint density at radius 1 is 1.21 bits per heavy atom. The van der Waals surface area contributed by atoms with Crippen LogP contribution < -0.4 is 0 Å². The predicted octanol–water partition coefficient (Wildman–Crippen LogP) is 4.67. The van der Waals surface area contributed by atoms with Crippen LogP contribution in [0.1, 0.15) is 53.4 Å². The van der Waals surface area contributed by atoms with Crippen LogP contribution in [0.15, 0.2) is 35.5 Å². The molecule has 0 aromatic carbocycles. The minimum Gasteiger partial charge on any atom is -0.300 e. The minimum atomic E-state index is -0.0914. The van der Waals surface area contributed by atoms with E-state index in [4.69, 9.17) is 0 Å². The number of hydrogen-bond acceptors (Lipinski definition) is 2. The van der Waals surface area contributed by atoms with Crippen LogP contribution in [-0.2, 0) is 9.59 Å². The highest BCUT2D eigenvalue weighted by atomic mass is 16.1. The van der Waals surface area contributed by atoms with Crippen LogP contribution in [0.4, 0.5) is 0 Å². The molecule has 0 aliphatic heterocycles. The number of Topliss-reactive ketones (excluding diaryl/α,β-unsaturated/α-hetero) is 1. The van der Waals surface area contributed by atoms with Crippen LogP contribution in [0, 0.1) is 34.5 Å². The molecule has 0 amide bonds. The molecule has 6 atom stereocenters. The van der Waals surface area contributed by atoms with E-state index in [2.05, 4.69) is 32.9 Å². The number of fused-ring (bicyclic) bond motifs is 5. The monoisotopic (exact) mass is 324 g/mol. The van der Waals surface area contributed by atoms with Crippen LogP contribution in [0.3, 0.4) is 0 Å². The summed E-state index contributed by atoms with van der Waals surface area (Å²) in [6.07, 6.45) is 12.6. The molecular formula is C22H28O2. The molecule has 0 N–H and O–H groups in total. The highest BCUT2D eigenvalue weighted by molar-refractivity contribution is 6.01. The molecule has 0 unspecified atom stereocenters. The first-order valence-corrected chi connectivity index (χ1v) is 9.43. The van der Waals surface area contributed by atoms with Crippen LogP contribution in [0.5, 0.6) is 0 Å². The third-order valence-electron chi connectivity index (χ3n) is 7.76. The summed E-state index contributed by atoms with van der Waals surface area (Å²) in [4.78, 5) is 24.1. The van der Waals surface area contributed by atoms with E-state index in [0.29, 0.717) is 23.5 Å². The Kier molecular flexibility index (Phi) is 3.37. The summed E-state index contributed by atoms with van der Waals surface area (Å²) in [7, 11) is 0. The van der Waals surface area contributed by atoms with E-state index in [-0.39, 0.29) is 22.5 Å². The highest BCUT2D eigenvalue weighted by Crippen LogP contribution is 2.64. The number of rotatable bonds is 1. The van der Waals surface area contributed by atoms with Crippen LogP contribution in [0.2, 0.25) is 0 Å². The molecule has 0 heterocycles. The summed E-state index contributed by atoms with van der Waals surface area (Å²) in [6, 6.07) is 0. The van der Waals surface area contributed by atoms with Crippen molar-refractivity contribution in [1.29, 1.82) is 0 Å². The third-order valence-corrected chi connectivity index (χ3v) is 7.76. The van der Waals surface area contributed by atoms with Gasteiger partial charge < -0.3 is 0 Å². The van der Waals surface area contributed by atoms with Crippen molar-refractivity contribution in [2.24, 2.45) is 34.5 Å². The first-order chi connectivity index (χ1) is 11.3. The van der Waals surface area contributed by atoms with Crippen LogP contribution in [-0.4, -0.2) is 11.6 Å². The fourth-order valence-electron chi connectivity index (χ4n) is 6.59. The van der Waals surface area contributed by atoms with Gasteiger partial charge in [0.2, 0.25) is 0 Å². The van der Waals surface area contributed by atoms with E-state index in [0.717, 1.165) is 19.3 Å². The van der Waals surface area contributed by atoms with E-state index in [9.17, 15) is 9.59 Å². The lowest BCUT2D eigenvalue weighted by molar-refractivity contribution is -0.124. The molecule has 4 aliphatic rings. The minimum absolute atomic E-state index is 0.0914. The molecule has 0 radical (unpaired) electrons. The Labute approximate surface area is 145 Å². The van der Waals surface area contributed by atoms with Gasteiger partial charge in [-0.05, 0) is 80.4 Å². The van der Waals surface area contributed by atoms with Gasteiger partial charge in [-0.25, -0.2) is 0 Å². The molecule has 24 heavy (non-hydrogen) atoms. The van der Waals surface area contributed by atoms with E-state index >= 15 is 0 Å². The van der Waals surface area contributed by atoms with Crippen molar-refractivity contribution in [3.8, 4) is 0 Å². The van der Waals surface area contributed by atoms with Crippen molar-refractivity contribution in [2.45, 2.75) is 53.4 Å². The second-order valence-corrected chi connectivity index (χ2v) is 9.00. The topological polar surface area (TPSA) is 34.1 Å². The summed E-state index contributed by atoms with van der Waals surface area (Å²) in [5.41, 5.74) is 2.85. The largest absolute Gasteiger partial charge is 0.300 e. The number of ketones is 2. The lowest BCUT2D eigenvalue weighted by atomic mass is 9.50. The second-order valence-electron chi connectivity index (χ2n) is 9.00. The van der Waals surface area contributed by atoms with Gasteiger partial charge in [-0.3, -0.25) is 9.59 Å². The van der Waals surface area contributed by atoms with Gasteiger partial charge in [-0.15, -0.1) is 0 Å². The molecule has 2 saturated carbocycles. The quantitative estimate of drug-likeness (QED) is 0.657. The van der Waals surface area contributed by atoms with Gasteiger partial charge in [0, 0.05) is 11.3 Å². The molecule has 2 nitrogen and oxygen atoms in total. The molecule has 4 rings (SSSR count). The van der Waals surface area contributed by atoms with Crippen LogP contribution >= 0.6 is 0 Å². The maximum absolute atomic E-state index is 12.2. The van der Waals surface area contributed by atoms with Crippen molar-refractivity contribution in [2.75, 3.05) is 0 Å². The Morgan fingerprint density at radius 2 is 1.96 bits per heavy atom. The zero-order valence-electron chi connectivity index (χ0n) is 15.3. The molecule has 128 valence electrons. The summed E-state index contributed by atoms with van der Waals surface area (Å²) >= 11 is 0. The Hall–Kier alpha value is -1.44. The lowest BCUT2D eigenvalue weighted by Gasteiger charge is -2.54. The first-order valence-electron chi connectivity index (χ1n) is 9.43. The summed E-state index contributed by atoms with van der Waals surface area (Å²) in [5.74, 6) is 2.33. The van der Waals surface area contributed by atoms with Crippen molar-refractivity contribution in [1.82, 2.24) is 0 Å². The molecule has 0 aromatic rings. The molecule has 2 fully saturated rings. The third kappa shape index (κ3) is 1.95. The summed E-state index contributed by atoms with van der Waals surface area (Å²) in [5, 5.41) is 0. The van der Waals surface area contributed by atoms with E-state index in [1.165, 1.54) is 17.6 Å². The average molecular weight is 324 g/mol. The van der Waals surface area contributed by atoms with Gasteiger partial charge in [0.15, 0.2) is 5.78 Å². The number of hydrogen-bond donors (Lipinski definition) is 0. The standard InChI is InChI=1S/C22H28O2/c1-13-11-16-18-6-5-17(14(2)23)21(18,3)10-8-19(16)22(4)9-7-15(24)12-20(13)22/h7-9,12-13,16-18H,5-6,10-11H2,1-4H3/t13-,16-,17+,18-,21+,22+/m0/s1. The smallest absolute Gasteiger partial charge is 0.178 e. The van der Waals surface area contributed by atoms with Crippen LogP contribution in [0.25, 0.3) is 0 Å². The molecule has 0 spiro atoms. The normalized spacial score (nSPS) is 46.6. The van der Waals surface area contributed by atoms with Crippen molar-refractivity contribution >= 4 is 11.6 Å². The Balaban J connectivity index is 1.79. The molecule has 0 bridgehead atoms. The molecule has 4 aliphatic carbocycles. The highest BCUT2D eigenvalue weighted by Gasteiger charge is 2.57. The molecular weight excluding hydrogens is 296 g/mol. The lowest BCUT2D eigenvalue weighted by Crippen LogP contribution is -2.46. The summed E-state index contributed by atoms with van der Waals surface area (Å²) in [6.45, 7) is 8.69. The van der Waals surface area contributed by atoms with Gasteiger partial charge in [-0.2, -0.15) is 0 Å². The maximum atomic E-state index is 12.2. The molecule has 2 heteroatoms. The maximum Gasteiger partial charge on any atom is 0.178 e. The first kappa shape index (κ1) is 16.1. The summed E-state index contributed by atoms with van der Waals surface area (Å²) < 4.78 is 0. The Morgan fingerprint density at radius 3 is 2.67 bits per heavy atom. The van der Waals surface area contributed by atoms with Crippen molar-refractivity contribution in [3.63, 3.8) is 0 Å². The number of carbonyl (C=O) groups excluding carboxylic acids is 2. The molecule has 0 saturated heterocycles. The SMILES string of the molecule is CC(=O)[C@H]1CC[C@H]2[C@@H]3C[C@H](C)C4=CC(=O)C=C[C@]4(C)C3=CC[C@]12C. The van der Waals surface area contributed by atoms with Crippen molar-refractivity contribution < 1.29 is 9.59 Å². The fraction of sp³-hybridized carbons (Fsp3) is 0.636. The number of allylic oxidation sites excluding steroid dienone is 6. The predicted molar refractivity (Wildman–Crippen MR) is 95.3 cm³/mol. The van der Waals surface area contributed by atoms with Gasteiger partial charge in [-0.1, -0.05) is 31.6 Å². The van der Waals surface area contributed by atoms with Gasteiger partial charge in [0.1, 0.15) is 5.78 Å². The Bertz CT molecular complexity index is 709. The van der Waals surface area contributed by atoms with Gasteiger partial charge >= 0.3 is 0 Å². The van der Waals surface area contributed by atoms with Gasteiger partial charge in [0.05, 0.1) is 0 Å². The number of carbonyl (C=O) groups is 2. The van der Waals surface area contributed by atoms with E-state index in [1.807, 2.05) is 6.08 Å². The van der Waals surface area contributed by atoms with Gasteiger partial charge in [0.25, 0.3) is 0 Å². The van der Waals surface area contributed by atoms with E-state index in [1.54, 1.807) is 13.0 Å². The zero-order chi connectivity index (χ0) is 17.3.